The number of likely N-dealkylation sites (N-methyl/N-ethyl adjacent to an activating group) is 1. The van der Waals surface area contributed by atoms with Crippen LogP contribution in [0.15, 0.2) is 42.7 Å². The average molecular weight is 316 g/mol. The van der Waals surface area contributed by atoms with Gasteiger partial charge in [-0.3, -0.25) is 9.58 Å². The normalized spacial score (nSPS) is 19.3. The van der Waals surface area contributed by atoms with Crippen molar-refractivity contribution >= 4 is 17.4 Å². The van der Waals surface area contributed by atoms with E-state index >= 15 is 0 Å². The fraction of sp³-hybridized carbons (Fsp3) is 0.471. The van der Waals surface area contributed by atoms with Gasteiger partial charge in [-0.15, -0.1) is 0 Å². The molecule has 3 rings (SSSR count). The van der Waals surface area contributed by atoms with Gasteiger partial charge in [-0.1, -0.05) is 18.2 Å². The summed E-state index contributed by atoms with van der Waals surface area (Å²) in [6.07, 6.45) is 4.18. The molecule has 118 valence electrons. The topological polar surface area (TPSA) is 24.3 Å². The molecular weight excluding hydrogens is 292 g/mol. The maximum Gasteiger partial charge on any atom is 0.0537 e. The van der Waals surface area contributed by atoms with Gasteiger partial charge in [0.15, 0.2) is 0 Å². The van der Waals surface area contributed by atoms with Crippen molar-refractivity contribution in [2.45, 2.75) is 6.04 Å². The monoisotopic (exact) mass is 316 g/mol. The summed E-state index contributed by atoms with van der Waals surface area (Å²) in [4.78, 5) is 4.94. The molecule has 0 spiro atoms. The van der Waals surface area contributed by atoms with Crippen molar-refractivity contribution in [2.24, 2.45) is 7.05 Å². The van der Waals surface area contributed by atoms with Crippen LogP contribution in [-0.2, 0) is 7.05 Å². The third-order valence-electron chi connectivity index (χ3n) is 4.27. The van der Waals surface area contributed by atoms with E-state index in [1.807, 2.05) is 29.7 Å². The van der Waals surface area contributed by atoms with Crippen LogP contribution in [0.25, 0.3) is 0 Å². The first kappa shape index (κ1) is 15.4. The fourth-order valence-corrected chi connectivity index (χ4v) is 4.07. The van der Waals surface area contributed by atoms with Gasteiger partial charge < -0.3 is 4.90 Å². The van der Waals surface area contributed by atoms with E-state index in [1.54, 1.807) is 0 Å². The fourth-order valence-electron chi connectivity index (χ4n) is 2.91. The lowest BCUT2D eigenvalue weighted by atomic mass is 10.1. The van der Waals surface area contributed by atoms with Crippen LogP contribution < -0.4 is 4.90 Å². The Bertz CT molecular complexity index is 583. The third kappa shape index (κ3) is 3.65. The molecule has 0 amide bonds. The minimum atomic E-state index is 0.497. The zero-order chi connectivity index (χ0) is 15.4. The number of nitrogens with zero attached hydrogens (tertiary/aromatic N) is 4. The first-order chi connectivity index (χ1) is 10.7. The van der Waals surface area contributed by atoms with E-state index in [0.29, 0.717) is 6.04 Å². The van der Waals surface area contributed by atoms with Crippen LogP contribution in [0.1, 0.15) is 11.6 Å². The van der Waals surface area contributed by atoms with Gasteiger partial charge in [-0.05, 0) is 12.1 Å². The summed E-state index contributed by atoms with van der Waals surface area (Å²) in [6.45, 7) is 3.30. The number of thioether (sulfide) groups is 1. The highest BCUT2D eigenvalue weighted by molar-refractivity contribution is 7.99. The number of hydrogen-bond acceptors (Lipinski definition) is 4. The number of anilines is 1. The Balaban J connectivity index is 1.62. The highest BCUT2D eigenvalue weighted by Gasteiger charge is 2.25. The van der Waals surface area contributed by atoms with Gasteiger partial charge in [0.1, 0.15) is 0 Å². The first-order valence-corrected chi connectivity index (χ1v) is 8.96. The molecular formula is C17H24N4S. The lowest BCUT2D eigenvalue weighted by molar-refractivity contribution is 0.226. The molecule has 0 saturated carbocycles. The maximum absolute atomic E-state index is 4.34. The van der Waals surface area contributed by atoms with Crippen molar-refractivity contribution in [3.8, 4) is 0 Å². The van der Waals surface area contributed by atoms with E-state index in [9.17, 15) is 0 Å². The smallest absolute Gasteiger partial charge is 0.0537 e. The third-order valence-corrected chi connectivity index (χ3v) is 5.29. The summed E-state index contributed by atoms with van der Waals surface area (Å²) >= 11 is 2.05. The summed E-state index contributed by atoms with van der Waals surface area (Å²) in [5.74, 6) is 2.40. The summed E-state index contributed by atoms with van der Waals surface area (Å²) in [5.41, 5.74) is 2.63. The molecule has 0 bridgehead atoms. The highest BCUT2D eigenvalue weighted by atomic mass is 32.2. The second kappa shape index (κ2) is 7.20. The molecule has 1 aliphatic heterocycles. The number of aryl methyl sites for hydroxylation is 1. The van der Waals surface area contributed by atoms with E-state index in [0.717, 1.165) is 19.6 Å². The number of rotatable bonds is 5. The predicted octanol–water partition coefficient (Wildman–Crippen LogP) is 2.65. The van der Waals surface area contributed by atoms with Crippen LogP contribution in [0.4, 0.5) is 5.69 Å². The van der Waals surface area contributed by atoms with Gasteiger partial charge >= 0.3 is 0 Å². The van der Waals surface area contributed by atoms with Crippen LogP contribution >= 0.6 is 11.8 Å². The summed E-state index contributed by atoms with van der Waals surface area (Å²) in [7, 11) is 4.17. The van der Waals surface area contributed by atoms with E-state index in [2.05, 4.69) is 58.5 Å². The quantitative estimate of drug-likeness (QED) is 0.846. The van der Waals surface area contributed by atoms with Gasteiger partial charge in [-0.2, -0.15) is 16.9 Å². The summed E-state index contributed by atoms with van der Waals surface area (Å²) < 4.78 is 1.91. The molecule has 0 aliphatic carbocycles. The number of para-hydroxylation sites is 1. The van der Waals surface area contributed by atoms with Crippen molar-refractivity contribution in [3.05, 3.63) is 48.3 Å². The number of benzene rings is 1. The SMILES string of the molecule is CN(CCN1CCSC[C@@H]1c1cnn(C)c1)c1ccccc1. The van der Waals surface area contributed by atoms with Crippen LogP contribution in [0.3, 0.4) is 0 Å². The minimum Gasteiger partial charge on any atom is -0.373 e. The Morgan fingerprint density at radius 2 is 2.14 bits per heavy atom. The van der Waals surface area contributed by atoms with E-state index in [4.69, 9.17) is 0 Å². The van der Waals surface area contributed by atoms with E-state index in [-0.39, 0.29) is 0 Å². The van der Waals surface area contributed by atoms with Crippen LogP contribution in [-0.4, -0.2) is 52.9 Å². The Morgan fingerprint density at radius 1 is 1.32 bits per heavy atom. The average Bonchev–Trinajstić information content (AvgIpc) is 3.00. The predicted molar refractivity (Wildman–Crippen MR) is 94.6 cm³/mol. The first-order valence-electron chi connectivity index (χ1n) is 7.80. The second-order valence-electron chi connectivity index (χ2n) is 5.83. The molecule has 1 aromatic carbocycles. The Kier molecular flexibility index (Phi) is 5.05. The van der Waals surface area contributed by atoms with Crippen molar-refractivity contribution in [1.29, 1.82) is 0 Å². The molecule has 0 unspecified atom stereocenters. The van der Waals surface area contributed by atoms with Gasteiger partial charge in [0.05, 0.1) is 6.20 Å². The maximum atomic E-state index is 4.34. The minimum absolute atomic E-state index is 0.497. The van der Waals surface area contributed by atoms with Crippen LogP contribution in [0.2, 0.25) is 0 Å². The molecule has 2 aromatic rings. The lowest BCUT2D eigenvalue weighted by Crippen LogP contribution is -2.40. The van der Waals surface area contributed by atoms with Crippen molar-refractivity contribution < 1.29 is 0 Å². The zero-order valence-corrected chi connectivity index (χ0v) is 14.2. The van der Waals surface area contributed by atoms with Crippen molar-refractivity contribution in [2.75, 3.05) is 43.1 Å². The molecule has 1 aromatic heterocycles. The lowest BCUT2D eigenvalue weighted by Gasteiger charge is -2.36. The van der Waals surface area contributed by atoms with Crippen LogP contribution in [0.5, 0.6) is 0 Å². The molecule has 4 nitrogen and oxygen atoms in total. The Hall–Kier alpha value is -1.46. The molecule has 2 heterocycles. The van der Waals surface area contributed by atoms with E-state index in [1.165, 1.54) is 22.8 Å². The Morgan fingerprint density at radius 3 is 2.86 bits per heavy atom. The molecule has 5 heteroatoms. The Labute approximate surface area is 137 Å². The van der Waals surface area contributed by atoms with Crippen LogP contribution in [0, 0.1) is 0 Å². The standard InChI is InChI=1S/C17H24N4S/c1-19(16-6-4-3-5-7-16)8-9-21-10-11-22-14-17(21)15-12-18-20(2)13-15/h3-7,12-13,17H,8-11,14H2,1-2H3/t17-/m1/s1. The van der Waals surface area contributed by atoms with E-state index < -0.39 is 0 Å². The molecule has 1 aliphatic rings. The summed E-state index contributed by atoms with van der Waals surface area (Å²) in [5, 5.41) is 4.34. The second-order valence-corrected chi connectivity index (χ2v) is 6.98. The van der Waals surface area contributed by atoms with Gasteiger partial charge in [-0.25, -0.2) is 0 Å². The molecule has 0 radical (unpaired) electrons. The molecule has 22 heavy (non-hydrogen) atoms. The molecule has 1 saturated heterocycles. The molecule has 0 N–H and O–H groups in total. The van der Waals surface area contributed by atoms with Gasteiger partial charge in [0.2, 0.25) is 0 Å². The van der Waals surface area contributed by atoms with Gasteiger partial charge in [0.25, 0.3) is 0 Å². The van der Waals surface area contributed by atoms with Crippen molar-refractivity contribution in [1.82, 2.24) is 14.7 Å². The van der Waals surface area contributed by atoms with Gasteiger partial charge in [0, 0.05) is 68.7 Å². The number of hydrogen-bond donors (Lipinski definition) is 0. The molecule has 1 atom stereocenters. The highest BCUT2D eigenvalue weighted by Crippen LogP contribution is 2.29. The summed E-state index contributed by atoms with van der Waals surface area (Å²) in [6, 6.07) is 11.1. The zero-order valence-electron chi connectivity index (χ0n) is 13.4. The molecule has 1 fully saturated rings. The largest absolute Gasteiger partial charge is 0.373 e. The number of aromatic nitrogens is 2. The van der Waals surface area contributed by atoms with Crippen molar-refractivity contribution in [3.63, 3.8) is 0 Å².